The van der Waals surface area contributed by atoms with Gasteiger partial charge in [-0.15, -0.1) is 0 Å². The van der Waals surface area contributed by atoms with Crippen LogP contribution in [0, 0.1) is 0 Å². The van der Waals surface area contributed by atoms with Crippen molar-refractivity contribution in [3.8, 4) is 5.75 Å². The average Bonchev–Trinajstić information content (AvgIpc) is 2.44. The number of hydrogen-bond acceptors (Lipinski definition) is 5. The van der Waals surface area contributed by atoms with E-state index in [1.165, 1.54) is 0 Å². The molecule has 0 aliphatic rings. The predicted molar refractivity (Wildman–Crippen MR) is 71.8 cm³/mol. The Morgan fingerprint density at radius 1 is 1.42 bits per heavy atom. The number of esters is 1. The van der Waals surface area contributed by atoms with Crippen LogP contribution in [0.25, 0.3) is 10.9 Å². The van der Waals surface area contributed by atoms with Crippen molar-refractivity contribution in [1.82, 2.24) is 4.98 Å². The molecule has 1 aromatic carbocycles. The summed E-state index contributed by atoms with van der Waals surface area (Å²) < 4.78 is 10.3. The second kappa shape index (κ2) is 6.15. The molecule has 19 heavy (non-hydrogen) atoms. The molecule has 0 fully saturated rings. The van der Waals surface area contributed by atoms with Crippen LogP contribution in [0.2, 0.25) is 0 Å². The van der Waals surface area contributed by atoms with Gasteiger partial charge in [-0.2, -0.15) is 0 Å². The molecule has 0 aliphatic heterocycles. The second-order valence-corrected chi connectivity index (χ2v) is 4.03. The van der Waals surface area contributed by atoms with E-state index in [2.05, 4.69) is 4.98 Å². The number of nitrogens with zero attached hydrogens (tertiary/aromatic N) is 1. The lowest BCUT2D eigenvalue weighted by Crippen LogP contribution is -2.37. The van der Waals surface area contributed by atoms with Gasteiger partial charge in [0.25, 0.3) is 0 Å². The number of nitrogens with two attached hydrogens (primary N) is 1. The van der Waals surface area contributed by atoms with Gasteiger partial charge >= 0.3 is 5.97 Å². The van der Waals surface area contributed by atoms with Crippen LogP contribution in [0.15, 0.2) is 36.5 Å². The maximum absolute atomic E-state index is 11.3. The Balaban J connectivity index is 1.99. The molecule has 1 heterocycles. The lowest BCUT2D eigenvalue weighted by atomic mass is 10.2. The van der Waals surface area contributed by atoms with Crippen molar-refractivity contribution < 1.29 is 14.3 Å². The van der Waals surface area contributed by atoms with Gasteiger partial charge in [-0.05, 0) is 25.1 Å². The van der Waals surface area contributed by atoms with E-state index >= 15 is 0 Å². The number of pyridine rings is 1. The molecule has 2 rings (SSSR count). The number of benzene rings is 1. The Morgan fingerprint density at radius 3 is 3.05 bits per heavy atom. The van der Waals surface area contributed by atoms with Crippen molar-refractivity contribution in [2.45, 2.75) is 13.0 Å². The van der Waals surface area contributed by atoms with Gasteiger partial charge < -0.3 is 15.2 Å². The quantitative estimate of drug-likeness (QED) is 0.825. The molecular formula is C14H16N2O3. The van der Waals surface area contributed by atoms with Crippen LogP contribution >= 0.6 is 0 Å². The fraction of sp³-hybridized carbons (Fsp3) is 0.286. The molecule has 0 aliphatic carbocycles. The molecule has 2 N–H and O–H groups in total. The summed E-state index contributed by atoms with van der Waals surface area (Å²) in [6, 6.07) is 8.61. The molecule has 0 saturated heterocycles. The molecule has 0 saturated carbocycles. The second-order valence-electron chi connectivity index (χ2n) is 4.03. The summed E-state index contributed by atoms with van der Waals surface area (Å²) in [7, 11) is 0. The number of carbonyl (C=O) groups excluding carboxylic acids is 1. The molecule has 5 heteroatoms. The average molecular weight is 260 g/mol. The van der Waals surface area contributed by atoms with Gasteiger partial charge in [-0.25, -0.2) is 0 Å². The molecule has 0 amide bonds. The zero-order valence-electron chi connectivity index (χ0n) is 10.7. The third-order valence-electron chi connectivity index (χ3n) is 2.60. The fourth-order valence-corrected chi connectivity index (χ4v) is 1.64. The van der Waals surface area contributed by atoms with Gasteiger partial charge in [0.1, 0.15) is 18.4 Å². The summed E-state index contributed by atoms with van der Waals surface area (Å²) in [5, 5.41) is 1.03. The lowest BCUT2D eigenvalue weighted by molar-refractivity contribution is -0.145. The SMILES string of the molecule is CCOC(=O)C(N)COc1ccc2cccnc2c1. The van der Waals surface area contributed by atoms with E-state index in [0.717, 1.165) is 10.9 Å². The Morgan fingerprint density at radius 2 is 2.26 bits per heavy atom. The monoisotopic (exact) mass is 260 g/mol. The van der Waals surface area contributed by atoms with Gasteiger partial charge in [-0.1, -0.05) is 6.07 Å². The van der Waals surface area contributed by atoms with Crippen molar-refractivity contribution >= 4 is 16.9 Å². The largest absolute Gasteiger partial charge is 0.491 e. The van der Waals surface area contributed by atoms with Crippen molar-refractivity contribution in [3.63, 3.8) is 0 Å². The van der Waals surface area contributed by atoms with Crippen molar-refractivity contribution in [1.29, 1.82) is 0 Å². The number of rotatable bonds is 5. The summed E-state index contributed by atoms with van der Waals surface area (Å²) in [6.07, 6.45) is 1.72. The van der Waals surface area contributed by atoms with Crippen LogP contribution in [-0.4, -0.2) is 30.2 Å². The van der Waals surface area contributed by atoms with Crippen LogP contribution in [0.5, 0.6) is 5.75 Å². The summed E-state index contributed by atoms with van der Waals surface area (Å²) in [6.45, 7) is 2.13. The number of carbonyl (C=O) groups is 1. The molecule has 2 aromatic rings. The Labute approximate surface area is 111 Å². The van der Waals surface area contributed by atoms with Crippen molar-refractivity contribution in [2.75, 3.05) is 13.2 Å². The van der Waals surface area contributed by atoms with Crippen LogP contribution in [0.4, 0.5) is 0 Å². The maximum Gasteiger partial charge on any atom is 0.326 e. The van der Waals surface area contributed by atoms with Crippen molar-refractivity contribution in [2.24, 2.45) is 5.73 Å². The maximum atomic E-state index is 11.3. The first-order valence-corrected chi connectivity index (χ1v) is 6.10. The molecule has 0 spiro atoms. The molecule has 5 nitrogen and oxygen atoms in total. The topological polar surface area (TPSA) is 74.4 Å². The standard InChI is InChI=1S/C14H16N2O3/c1-2-18-14(17)12(15)9-19-11-6-5-10-4-3-7-16-13(10)8-11/h3-8,12H,2,9,15H2,1H3. The zero-order valence-corrected chi connectivity index (χ0v) is 10.7. The van der Waals surface area contributed by atoms with Crippen LogP contribution in [0.1, 0.15) is 6.92 Å². The number of ether oxygens (including phenoxy) is 2. The summed E-state index contributed by atoms with van der Waals surface area (Å²) in [4.78, 5) is 15.6. The smallest absolute Gasteiger partial charge is 0.326 e. The summed E-state index contributed by atoms with van der Waals surface area (Å²) in [5.41, 5.74) is 6.49. The molecule has 100 valence electrons. The van der Waals surface area contributed by atoms with E-state index in [9.17, 15) is 4.79 Å². The van der Waals surface area contributed by atoms with E-state index in [0.29, 0.717) is 12.4 Å². The first-order valence-electron chi connectivity index (χ1n) is 6.10. The van der Waals surface area contributed by atoms with Gasteiger partial charge in [0.15, 0.2) is 0 Å². The van der Waals surface area contributed by atoms with Crippen LogP contribution in [0.3, 0.4) is 0 Å². The highest BCUT2D eigenvalue weighted by Gasteiger charge is 2.15. The summed E-state index contributed by atoms with van der Waals surface area (Å²) >= 11 is 0. The highest BCUT2D eigenvalue weighted by Crippen LogP contribution is 2.18. The van der Waals surface area contributed by atoms with E-state index in [1.807, 2.05) is 30.3 Å². The van der Waals surface area contributed by atoms with Crippen LogP contribution < -0.4 is 10.5 Å². The summed E-state index contributed by atoms with van der Waals surface area (Å²) in [5.74, 6) is 0.173. The third kappa shape index (κ3) is 3.42. The van der Waals surface area contributed by atoms with Gasteiger partial charge in [0.2, 0.25) is 0 Å². The minimum atomic E-state index is -0.778. The number of hydrogen-bond donors (Lipinski definition) is 1. The minimum Gasteiger partial charge on any atom is -0.491 e. The molecule has 0 radical (unpaired) electrons. The Hall–Kier alpha value is -2.14. The third-order valence-corrected chi connectivity index (χ3v) is 2.60. The Kier molecular flexibility index (Phi) is 4.30. The van der Waals surface area contributed by atoms with Crippen LogP contribution in [-0.2, 0) is 9.53 Å². The van der Waals surface area contributed by atoms with E-state index in [1.54, 1.807) is 13.1 Å². The van der Waals surface area contributed by atoms with Crippen molar-refractivity contribution in [3.05, 3.63) is 36.5 Å². The van der Waals surface area contributed by atoms with E-state index in [4.69, 9.17) is 15.2 Å². The molecule has 1 aromatic heterocycles. The normalized spacial score (nSPS) is 12.1. The number of fused-ring (bicyclic) bond motifs is 1. The fourth-order valence-electron chi connectivity index (χ4n) is 1.64. The highest BCUT2D eigenvalue weighted by molar-refractivity contribution is 5.79. The molecule has 1 atom stereocenters. The zero-order chi connectivity index (χ0) is 13.7. The highest BCUT2D eigenvalue weighted by atomic mass is 16.5. The Bertz CT molecular complexity index is 571. The first kappa shape index (κ1) is 13.3. The predicted octanol–water partition coefficient (Wildman–Crippen LogP) is 1.50. The lowest BCUT2D eigenvalue weighted by Gasteiger charge is -2.12. The van der Waals surface area contributed by atoms with E-state index < -0.39 is 12.0 Å². The van der Waals surface area contributed by atoms with E-state index in [-0.39, 0.29) is 6.61 Å². The van der Waals surface area contributed by atoms with Gasteiger partial charge in [-0.3, -0.25) is 9.78 Å². The minimum absolute atomic E-state index is 0.0805. The van der Waals surface area contributed by atoms with Gasteiger partial charge in [0.05, 0.1) is 12.1 Å². The number of aromatic nitrogens is 1. The molecular weight excluding hydrogens is 244 g/mol. The molecule has 1 unspecified atom stereocenters. The molecule has 0 bridgehead atoms. The van der Waals surface area contributed by atoms with Gasteiger partial charge in [0, 0.05) is 17.6 Å². The first-order chi connectivity index (χ1) is 9.20.